The second kappa shape index (κ2) is 5.71. The van der Waals surface area contributed by atoms with Crippen LogP contribution < -0.4 is 10.5 Å². The second-order valence-electron chi connectivity index (χ2n) is 5.33. The number of hydrogen-bond donors (Lipinski definition) is 1. The Morgan fingerprint density at radius 2 is 2.23 bits per heavy atom. The summed E-state index contributed by atoms with van der Waals surface area (Å²) in [6.45, 7) is 4.00. The van der Waals surface area contributed by atoms with Gasteiger partial charge in [0, 0.05) is 11.3 Å². The molecule has 0 aliphatic heterocycles. The molecule has 1 aromatic carbocycles. The van der Waals surface area contributed by atoms with Gasteiger partial charge in [-0.25, -0.2) is 9.48 Å². The Bertz CT molecular complexity index is 722. The maximum Gasteiger partial charge on any atom is 0.515 e. The number of carbonyl (C=O) groups excluding carboxylic acids is 1. The monoisotopic (exact) mass is 301 g/mol. The van der Waals surface area contributed by atoms with Crippen LogP contribution in [-0.4, -0.2) is 22.5 Å². The van der Waals surface area contributed by atoms with Crippen molar-refractivity contribution in [3.63, 3.8) is 0 Å². The number of aromatic nitrogens is 2. The fourth-order valence-electron chi connectivity index (χ4n) is 2.83. The van der Waals surface area contributed by atoms with Crippen LogP contribution in [0.3, 0.4) is 0 Å². The van der Waals surface area contributed by atoms with Crippen LogP contribution in [0.4, 0.5) is 10.5 Å². The zero-order valence-corrected chi connectivity index (χ0v) is 12.8. The van der Waals surface area contributed by atoms with E-state index in [0.29, 0.717) is 11.6 Å². The number of fused-ring (bicyclic) bond motifs is 1. The zero-order chi connectivity index (χ0) is 15.7. The number of nitrogens with two attached hydrogens (primary N) is 1. The predicted molar refractivity (Wildman–Crippen MR) is 82.4 cm³/mol. The minimum absolute atomic E-state index is 0.277. The van der Waals surface area contributed by atoms with Gasteiger partial charge in [-0.3, -0.25) is 0 Å². The van der Waals surface area contributed by atoms with Crippen molar-refractivity contribution in [2.75, 3.05) is 12.3 Å². The van der Waals surface area contributed by atoms with E-state index < -0.39 is 6.16 Å². The summed E-state index contributed by atoms with van der Waals surface area (Å²) in [6.07, 6.45) is 2.09. The molecule has 1 aliphatic rings. The highest BCUT2D eigenvalue weighted by atomic mass is 16.7. The third-order valence-corrected chi connectivity index (χ3v) is 3.78. The third kappa shape index (κ3) is 2.52. The molecule has 22 heavy (non-hydrogen) atoms. The summed E-state index contributed by atoms with van der Waals surface area (Å²) in [5.74, 6) is 0.349. The lowest BCUT2D eigenvalue weighted by Crippen LogP contribution is -2.11. The maximum atomic E-state index is 11.6. The summed E-state index contributed by atoms with van der Waals surface area (Å²) in [5, 5.41) is 4.47. The van der Waals surface area contributed by atoms with E-state index in [2.05, 4.69) is 5.10 Å². The lowest BCUT2D eigenvalue weighted by atomic mass is 10.1. The van der Waals surface area contributed by atoms with Crippen molar-refractivity contribution in [2.24, 2.45) is 0 Å². The van der Waals surface area contributed by atoms with Gasteiger partial charge in [0.15, 0.2) is 0 Å². The molecule has 0 saturated heterocycles. The number of carbonyl (C=O) groups is 1. The summed E-state index contributed by atoms with van der Waals surface area (Å²) in [4.78, 5) is 11.6. The van der Waals surface area contributed by atoms with Crippen molar-refractivity contribution in [3.8, 4) is 11.6 Å². The van der Waals surface area contributed by atoms with Gasteiger partial charge in [0.1, 0.15) is 0 Å². The fraction of sp³-hybridized carbons (Fsp3) is 0.375. The summed E-state index contributed by atoms with van der Waals surface area (Å²) >= 11 is 0. The maximum absolute atomic E-state index is 11.6. The number of rotatable bonds is 3. The summed E-state index contributed by atoms with van der Waals surface area (Å²) in [7, 11) is 0. The van der Waals surface area contributed by atoms with Crippen LogP contribution in [0, 0.1) is 6.92 Å². The average molecular weight is 301 g/mol. The SMILES string of the molecule is CCOC(=O)Oc1nn(-c2ccc(N)cc2C)c2c1CCC2. The highest BCUT2D eigenvalue weighted by Crippen LogP contribution is 2.33. The fourth-order valence-corrected chi connectivity index (χ4v) is 2.83. The number of anilines is 1. The molecule has 1 aromatic heterocycles. The van der Waals surface area contributed by atoms with Crippen LogP contribution in [-0.2, 0) is 17.6 Å². The standard InChI is InChI=1S/C16H19N3O3/c1-3-21-16(20)22-15-12-5-4-6-14(12)19(18-15)13-8-7-11(17)9-10(13)2/h7-9H,3-6,17H2,1-2H3. The molecule has 1 heterocycles. The molecule has 6 nitrogen and oxygen atoms in total. The Morgan fingerprint density at radius 3 is 2.95 bits per heavy atom. The molecule has 2 N–H and O–H groups in total. The first kappa shape index (κ1) is 14.4. The Labute approximate surface area is 128 Å². The van der Waals surface area contributed by atoms with E-state index in [0.717, 1.165) is 41.8 Å². The highest BCUT2D eigenvalue weighted by Gasteiger charge is 2.26. The van der Waals surface area contributed by atoms with Crippen LogP contribution in [0.2, 0.25) is 0 Å². The van der Waals surface area contributed by atoms with Crippen molar-refractivity contribution < 1.29 is 14.3 Å². The van der Waals surface area contributed by atoms with Crippen molar-refractivity contribution in [3.05, 3.63) is 35.0 Å². The number of nitrogen functional groups attached to an aromatic ring is 1. The molecule has 0 radical (unpaired) electrons. The van der Waals surface area contributed by atoms with E-state index >= 15 is 0 Å². The largest absolute Gasteiger partial charge is 0.515 e. The summed E-state index contributed by atoms with van der Waals surface area (Å²) in [5.41, 5.74) is 10.6. The van der Waals surface area contributed by atoms with E-state index in [1.165, 1.54) is 0 Å². The number of aryl methyl sites for hydroxylation is 1. The lowest BCUT2D eigenvalue weighted by Gasteiger charge is -2.09. The first-order chi connectivity index (χ1) is 10.6. The topological polar surface area (TPSA) is 79.4 Å². The average Bonchev–Trinajstić information content (AvgIpc) is 3.04. The van der Waals surface area contributed by atoms with Crippen LogP contribution in [0.1, 0.15) is 30.2 Å². The Morgan fingerprint density at radius 1 is 1.41 bits per heavy atom. The quantitative estimate of drug-likeness (QED) is 0.696. The van der Waals surface area contributed by atoms with Crippen LogP contribution in [0.25, 0.3) is 5.69 Å². The van der Waals surface area contributed by atoms with Crippen LogP contribution >= 0.6 is 0 Å². The van der Waals surface area contributed by atoms with Gasteiger partial charge >= 0.3 is 6.16 Å². The molecule has 0 unspecified atom stereocenters. The molecule has 116 valence electrons. The molecule has 6 heteroatoms. The normalized spacial score (nSPS) is 13.0. The molecule has 0 saturated carbocycles. The number of ether oxygens (including phenoxy) is 2. The minimum Gasteiger partial charge on any atom is -0.434 e. The number of benzene rings is 1. The van der Waals surface area contributed by atoms with Crippen molar-refractivity contribution >= 4 is 11.8 Å². The van der Waals surface area contributed by atoms with Gasteiger partial charge in [-0.2, -0.15) is 0 Å². The van der Waals surface area contributed by atoms with E-state index in [9.17, 15) is 4.79 Å². The Balaban J connectivity index is 2.01. The molecule has 0 spiro atoms. The Kier molecular flexibility index (Phi) is 3.75. The molecule has 0 bridgehead atoms. The van der Waals surface area contributed by atoms with Gasteiger partial charge in [-0.15, -0.1) is 5.10 Å². The van der Waals surface area contributed by atoms with Crippen LogP contribution in [0.5, 0.6) is 5.88 Å². The first-order valence-corrected chi connectivity index (χ1v) is 7.42. The molecular weight excluding hydrogens is 282 g/mol. The van der Waals surface area contributed by atoms with E-state index in [1.807, 2.05) is 29.8 Å². The molecule has 0 amide bonds. The van der Waals surface area contributed by atoms with E-state index in [4.69, 9.17) is 15.2 Å². The van der Waals surface area contributed by atoms with E-state index in [1.54, 1.807) is 6.92 Å². The van der Waals surface area contributed by atoms with Crippen molar-refractivity contribution in [1.29, 1.82) is 0 Å². The third-order valence-electron chi connectivity index (χ3n) is 3.78. The van der Waals surface area contributed by atoms with Gasteiger partial charge in [0.2, 0.25) is 5.88 Å². The molecule has 1 aliphatic carbocycles. The van der Waals surface area contributed by atoms with Gasteiger partial charge in [0.05, 0.1) is 18.0 Å². The van der Waals surface area contributed by atoms with Gasteiger partial charge in [-0.05, 0) is 56.9 Å². The summed E-state index contributed by atoms with van der Waals surface area (Å²) < 4.78 is 11.9. The van der Waals surface area contributed by atoms with Gasteiger partial charge in [-0.1, -0.05) is 0 Å². The molecule has 3 rings (SSSR count). The summed E-state index contributed by atoms with van der Waals surface area (Å²) in [6, 6.07) is 5.69. The Hall–Kier alpha value is -2.50. The second-order valence-corrected chi connectivity index (χ2v) is 5.33. The van der Waals surface area contributed by atoms with Gasteiger partial charge < -0.3 is 15.2 Å². The highest BCUT2D eigenvalue weighted by molar-refractivity contribution is 5.64. The zero-order valence-electron chi connectivity index (χ0n) is 12.8. The molecule has 0 atom stereocenters. The number of nitrogens with zero attached hydrogens (tertiary/aromatic N) is 2. The lowest BCUT2D eigenvalue weighted by molar-refractivity contribution is 0.102. The van der Waals surface area contributed by atoms with E-state index in [-0.39, 0.29) is 6.61 Å². The van der Waals surface area contributed by atoms with Gasteiger partial charge in [0.25, 0.3) is 0 Å². The molecule has 0 fully saturated rings. The minimum atomic E-state index is -0.712. The predicted octanol–water partition coefficient (Wildman–Crippen LogP) is 2.79. The number of hydrogen-bond acceptors (Lipinski definition) is 5. The van der Waals surface area contributed by atoms with Crippen molar-refractivity contribution in [2.45, 2.75) is 33.1 Å². The molecule has 2 aromatic rings. The van der Waals surface area contributed by atoms with Crippen molar-refractivity contribution in [1.82, 2.24) is 9.78 Å². The smallest absolute Gasteiger partial charge is 0.434 e. The van der Waals surface area contributed by atoms with Crippen LogP contribution in [0.15, 0.2) is 18.2 Å². The first-order valence-electron chi connectivity index (χ1n) is 7.42. The molecular formula is C16H19N3O3.